The number of benzene rings is 1. The SMILES string of the molecule is O=C(O)C1(CCN2CCC3Cc4[nH]c5ccc(C(F)(F)F)cc5c4CC3C2)CCCCC1. The lowest BCUT2D eigenvalue weighted by Crippen LogP contribution is -2.46. The highest BCUT2D eigenvalue weighted by Crippen LogP contribution is 2.42. The average Bonchev–Trinajstić information content (AvgIpc) is 3.12. The summed E-state index contributed by atoms with van der Waals surface area (Å²) in [6, 6.07) is 4.01. The summed E-state index contributed by atoms with van der Waals surface area (Å²) >= 11 is 0. The molecule has 1 saturated carbocycles. The quantitative estimate of drug-likeness (QED) is 0.636. The Morgan fingerprint density at radius 1 is 1.16 bits per heavy atom. The van der Waals surface area contributed by atoms with Crippen molar-refractivity contribution in [3.8, 4) is 0 Å². The second kappa shape index (κ2) is 8.08. The van der Waals surface area contributed by atoms with Crippen molar-refractivity contribution in [3.05, 3.63) is 35.0 Å². The van der Waals surface area contributed by atoms with Crippen LogP contribution in [0, 0.1) is 17.3 Å². The minimum Gasteiger partial charge on any atom is -0.481 e. The van der Waals surface area contributed by atoms with Crippen LogP contribution in [0.1, 0.15) is 61.8 Å². The summed E-state index contributed by atoms with van der Waals surface area (Å²) in [6.07, 6.45) is 3.80. The molecule has 1 saturated heterocycles. The molecule has 1 aromatic carbocycles. The van der Waals surface area contributed by atoms with Gasteiger partial charge in [0.05, 0.1) is 11.0 Å². The zero-order valence-corrected chi connectivity index (χ0v) is 18.3. The zero-order valence-electron chi connectivity index (χ0n) is 18.3. The Morgan fingerprint density at radius 2 is 1.94 bits per heavy atom. The number of fused-ring (bicyclic) bond motifs is 4. The van der Waals surface area contributed by atoms with Crippen molar-refractivity contribution in [2.24, 2.45) is 17.3 Å². The number of carbonyl (C=O) groups is 1. The van der Waals surface area contributed by atoms with E-state index in [1.54, 1.807) is 6.07 Å². The summed E-state index contributed by atoms with van der Waals surface area (Å²) in [5.41, 5.74) is 1.77. The molecule has 2 atom stereocenters. The molecule has 174 valence electrons. The van der Waals surface area contributed by atoms with Gasteiger partial charge in [0.2, 0.25) is 0 Å². The molecule has 0 radical (unpaired) electrons. The largest absolute Gasteiger partial charge is 0.481 e. The third-order valence-corrected chi connectivity index (χ3v) is 8.40. The van der Waals surface area contributed by atoms with E-state index >= 15 is 0 Å². The van der Waals surface area contributed by atoms with Crippen molar-refractivity contribution in [1.82, 2.24) is 9.88 Å². The third kappa shape index (κ3) is 3.93. The van der Waals surface area contributed by atoms with E-state index in [1.165, 1.54) is 6.07 Å². The fourth-order valence-corrected chi connectivity index (χ4v) is 6.44. The van der Waals surface area contributed by atoms with Crippen LogP contribution in [0.3, 0.4) is 0 Å². The van der Waals surface area contributed by atoms with E-state index < -0.39 is 23.1 Å². The number of halogens is 3. The van der Waals surface area contributed by atoms with Gasteiger partial charge in [0, 0.05) is 23.1 Å². The number of H-pyrrole nitrogens is 1. The van der Waals surface area contributed by atoms with E-state index in [1.807, 2.05) is 0 Å². The number of aromatic amines is 1. The zero-order chi connectivity index (χ0) is 22.5. The number of aromatic nitrogens is 1. The van der Waals surface area contributed by atoms with Crippen LogP contribution < -0.4 is 0 Å². The lowest BCUT2D eigenvalue weighted by atomic mass is 9.71. The Labute approximate surface area is 186 Å². The van der Waals surface area contributed by atoms with E-state index in [0.717, 1.165) is 93.8 Å². The van der Waals surface area contributed by atoms with Crippen LogP contribution in [-0.4, -0.2) is 40.6 Å². The molecule has 7 heteroatoms. The molecule has 0 amide bonds. The fraction of sp³-hybridized carbons (Fsp3) is 0.640. The first kappa shape index (κ1) is 21.8. The van der Waals surface area contributed by atoms with Gasteiger partial charge >= 0.3 is 12.1 Å². The molecule has 3 aliphatic rings. The molecule has 2 fully saturated rings. The van der Waals surface area contributed by atoms with E-state index in [4.69, 9.17) is 0 Å². The van der Waals surface area contributed by atoms with E-state index in [9.17, 15) is 23.1 Å². The Kier molecular flexibility index (Phi) is 5.51. The highest BCUT2D eigenvalue weighted by molar-refractivity contribution is 5.85. The number of alkyl halides is 3. The van der Waals surface area contributed by atoms with Gasteiger partial charge in [-0.2, -0.15) is 13.2 Å². The second-order valence-corrected chi connectivity index (χ2v) is 10.3. The van der Waals surface area contributed by atoms with Gasteiger partial charge in [-0.15, -0.1) is 0 Å². The molecule has 1 aliphatic heterocycles. The number of rotatable bonds is 4. The van der Waals surface area contributed by atoms with Crippen molar-refractivity contribution in [1.29, 1.82) is 0 Å². The molecule has 2 unspecified atom stereocenters. The first-order valence-electron chi connectivity index (χ1n) is 11.9. The highest BCUT2D eigenvalue weighted by Gasteiger charge is 2.41. The number of nitrogens with zero attached hydrogens (tertiary/aromatic N) is 1. The molecule has 2 aromatic rings. The van der Waals surface area contributed by atoms with Crippen LogP contribution in [0.4, 0.5) is 13.2 Å². The maximum Gasteiger partial charge on any atom is 0.416 e. The third-order valence-electron chi connectivity index (χ3n) is 8.40. The van der Waals surface area contributed by atoms with Crippen LogP contribution in [0.5, 0.6) is 0 Å². The van der Waals surface area contributed by atoms with Gasteiger partial charge in [-0.05, 0) is 87.2 Å². The van der Waals surface area contributed by atoms with Gasteiger partial charge in [0.1, 0.15) is 0 Å². The number of nitrogens with one attached hydrogen (secondary N) is 1. The molecule has 2 aliphatic carbocycles. The van der Waals surface area contributed by atoms with Crippen LogP contribution in [0.2, 0.25) is 0 Å². The molecule has 2 N–H and O–H groups in total. The van der Waals surface area contributed by atoms with Gasteiger partial charge in [0.25, 0.3) is 0 Å². The van der Waals surface area contributed by atoms with Crippen LogP contribution >= 0.6 is 0 Å². The summed E-state index contributed by atoms with van der Waals surface area (Å²) in [4.78, 5) is 17.8. The van der Waals surface area contributed by atoms with Crippen LogP contribution in [0.15, 0.2) is 18.2 Å². The Morgan fingerprint density at radius 3 is 2.66 bits per heavy atom. The summed E-state index contributed by atoms with van der Waals surface area (Å²) in [5, 5.41) is 10.6. The number of hydrogen-bond acceptors (Lipinski definition) is 2. The van der Waals surface area contributed by atoms with Crippen molar-refractivity contribution in [2.75, 3.05) is 19.6 Å². The van der Waals surface area contributed by atoms with Gasteiger partial charge < -0.3 is 15.0 Å². The molecular formula is C25H31F3N2O2. The standard InChI is InChI=1S/C25H31F3N2O2/c26-25(27,28)18-4-5-21-20(14-18)19-12-17-15-30(10-6-16(17)13-22(19)29-21)11-9-24(23(31)32)7-2-1-3-8-24/h4-5,14,16-17,29H,1-3,6-13,15H2,(H,31,32). The average molecular weight is 449 g/mol. The topological polar surface area (TPSA) is 56.3 Å². The fourth-order valence-electron chi connectivity index (χ4n) is 6.44. The summed E-state index contributed by atoms with van der Waals surface area (Å²) in [5.74, 6) is 0.308. The normalized spacial score (nSPS) is 26.0. The molecule has 5 rings (SSSR count). The van der Waals surface area contributed by atoms with E-state index in [-0.39, 0.29) is 0 Å². The number of carboxylic acid groups (broad SMARTS) is 1. The summed E-state index contributed by atoms with van der Waals surface area (Å²) in [7, 11) is 0. The minimum absolute atomic E-state index is 0.414. The van der Waals surface area contributed by atoms with Gasteiger partial charge in [-0.1, -0.05) is 19.3 Å². The number of piperidine rings is 1. The number of likely N-dealkylation sites (tertiary alicyclic amines) is 1. The number of hydrogen-bond donors (Lipinski definition) is 2. The van der Waals surface area contributed by atoms with Crippen molar-refractivity contribution >= 4 is 16.9 Å². The lowest BCUT2D eigenvalue weighted by molar-refractivity contribution is -0.152. The van der Waals surface area contributed by atoms with Gasteiger partial charge in [-0.3, -0.25) is 4.79 Å². The maximum atomic E-state index is 13.2. The van der Waals surface area contributed by atoms with E-state index in [2.05, 4.69) is 9.88 Å². The monoisotopic (exact) mass is 448 g/mol. The van der Waals surface area contributed by atoms with E-state index in [0.29, 0.717) is 23.6 Å². The highest BCUT2D eigenvalue weighted by atomic mass is 19.4. The molecule has 0 spiro atoms. The Balaban J connectivity index is 1.30. The molecule has 4 nitrogen and oxygen atoms in total. The van der Waals surface area contributed by atoms with Gasteiger partial charge in [0.15, 0.2) is 0 Å². The summed E-state index contributed by atoms with van der Waals surface area (Å²) < 4.78 is 39.7. The van der Waals surface area contributed by atoms with Gasteiger partial charge in [-0.25, -0.2) is 0 Å². The van der Waals surface area contributed by atoms with Crippen LogP contribution in [0.25, 0.3) is 10.9 Å². The molecule has 1 aromatic heterocycles. The van der Waals surface area contributed by atoms with Crippen LogP contribution in [-0.2, 0) is 23.8 Å². The van der Waals surface area contributed by atoms with Crippen molar-refractivity contribution in [3.63, 3.8) is 0 Å². The maximum absolute atomic E-state index is 13.2. The predicted molar refractivity (Wildman–Crippen MR) is 117 cm³/mol. The Hall–Kier alpha value is -2.02. The Bertz CT molecular complexity index is 1010. The molecular weight excluding hydrogens is 417 g/mol. The second-order valence-electron chi connectivity index (χ2n) is 10.3. The number of aliphatic carboxylic acids is 1. The predicted octanol–water partition coefficient (Wildman–Crippen LogP) is 5.65. The minimum atomic E-state index is -4.34. The molecule has 2 heterocycles. The first-order valence-corrected chi connectivity index (χ1v) is 11.9. The smallest absolute Gasteiger partial charge is 0.416 e. The van der Waals surface area contributed by atoms with Crippen molar-refractivity contribution in [2.45, 2.75) is 64.0 Å². The molecule has 32 heavy (non-hydrogen) atoms. The number of carboxylic acids is 1. The molecule has 0 bridgehead atoms. The first-order chi connectivity index (χ1) is 15.2. The summed E-state index contributed by atoms with van der Waals surface area (Å²) in [6.45, 7) is 2.69. The lowest BCUT2D eigenvalue weighted by Gasteiger charge is -2.42. The van der Waals surface area contributed by atoms with Crippen molar-refractivity contribution < 1.29 is 23.1 Å².